The summed E-state index contributed by atoms with van der Waals surface area (Å²) in [6, 6.07) is 12.8. The van der Waals surface area contributed by atoms with Crippen molar-refractivity contribution < 1.29 is 13.2 Å². The van der Waals surface area contributed by atoms with Gasteiger partial charge < -0.3 is 5.32 Å². The van der Waals surface area contributed by atoms with E-state index in [0.29, 0.717) is 21.3 Å². The summed E-state index contributed by atoms with van der Waals surface area (Å²) in [7, 11) is -3.71. The van der Waals surface area contributed by atoms with Gasteiger partial charge in [-0.2, -0.15) is 0 Å². The number of amides is 1. The molecule has 0 saturated carbocycles. The molecule has 0 spiro atoms. The number of benzene rings is 2. The van der Waals surface area contributed by atoms with E-state index in [4.69, 9.17) is 23.2 Å². The molecule has 0 atom stereocenters. The number of carbonyl (C=O) groups excluding carboxylic acids is 1. The second-order valence-corrected chi connectivity index (χ2v) is 8.97. The average Bonchev–Trinajstić information content (AvgIpc) is 3.05. The maximum Gasteiger partial charge on any atom is 0.241 e. The van der Waals surface area contributed by atoms with Gasteiger partial charge in [-0.05, 0) is 30.3 Å². The number of hydrogen-bond acceptors (Lipinski definition) is 5. The molecule has 0 radical (unpaired) electrons. The Morgan fingerprint density at radius 1 is 1.12 bits per heavy atom. The Morgan fingerprint density at radius 2 is 1.85 bits per heavy atom. The fraction of sp³-hybridized carbons (Fsp3) is 0.0588. The van der Waals surface area contributed by atoms with Crippen molar-refractivity contribution in [2.45, 2.75) is 4.90 Å². The van der Waals surface area contributed by atoms with Crippen LogP contribution in [-0.4, -0.2) is 25.1 Å². The standard InChI is InChI=1S/C17H12Cl2N2O3S2/c18-11-6-7-14(19)13(8-11)15-9-25-17(20-15)21-16(22)10-26(23,24)12-4-2-1-3-5-12/h1-9H,10H2,(H,20,21,22). The monoisotopic (exact) mass is 426 g/mol. The molecule has 0 unspecified atom stereocenters. The predicted molar refractivity (Wildman–Crippen MR) is 105 cm³/mol. The Bertz CT molecular complexity index is 1050. The summed E-state index contributed by atoms with van der Waals surface area (Å²) in [5, 5.41) is 5.48. The quantitative estimate of drug-likeness (QED) is 0.649. The van der Waals surface area contributed by atoms with Crippen molar-refractivity contribution in [1.29, 1.82) is 0 Å². The summed E-state index contributed by atoms with van der Waals surface area (Å²) in [5.74, 6) is -1.32. The van der Waals surface area contributed by atoms with Gasteiger partial charge in [0.2, 0.25) is 5.91 Å². The number of rotatable bonds is 5. The minimum atomic E-state index is -3.71. The van der Waals surface area contributed by atoms with E-state index in [-0.39, 0.29) is 10.0 Å². The van der Waals surface area contributed by atoms with Gasteiger partial charge in [-0.1, -0.05) is 41.4 Å². The second-order valence-electron chi connectivity index (χ2n) is 5.28. The number of halogens is 2. The zero-order valence-electron chi connectivity index (χ0n) is 13.1. The summed E-state index contributed by atoms with van der Waals surface area (Å²) in [4.78, 5) is 16.5. The van der Waals surface area contributed by atoms with Gasteiger partial charge in [-0.3, -0.25) is 4.79 Å². The Morgan fingerprint density at radius 3 is 2.58 bits per heavy atom. The lowest BCUT2D eigenvalue weighted by molar-refractivity contribution is -0.113. The molecule has 9 heteroatoms. The van der Waals surface area contributed by atoms with E-state index in [2.05, 4.69) is 10.3 Å². The normalized spacial score (nSPS) is 11.3. The van der Waals surface area contributed by atoms with Gasteiger partial charge in [0.1, 0.15) is 5.75 Å². The van der Waals surface area contributed by atoms with Crippen molar-refractivity contribution in [2.75, 3.05) is 11.1 Å². The minimum absolute atomic E-state index is 0.0979. The zero-order chi connectivity index (χ0) is 18.7. The lowest BCUT2D eigenvalue weighted by Gasteiger charge is -2.04. The van der Waals surface area contributed by atoms with E-state index < -0.39 is 21.5 Å². The zero-order valence-corrected chi connectivity index (χ0v) is 16.3. The van der Waals surface area contributed by atoms with Crippen LogP contribution in [0.1, 0.15) is 0 Å². The molecule has 1 aromatic heterocycles. The number of nitrogens with one attached hydrogen (secondary N) is 1. The fourth-order valence-corrected chi connectivity index (χ4v) is 4.46. The topological polar surface area (TPSA) is 76.1 Å². The summed E-state index contributed by atoms with van der Waals surface area (Å²) in [6.45, 7) is 0. The number of hydrogen-bond donors (Lipinski definition) is 1. The van der Waals surface area contributed by atoms with E-state index >= 15 is 0 Å². The lowest BCUT2D eigenvalue weighted by atomic mass is 10.2. The van der Waals surface area contributed by atoms with E-state index in [9.17, 15) is 13.2 Å². The summed E-state index contributed by atoms with van der Waals surface area (Å²) in [6.07, 6.45) is 0. The van der Waals surface area contributed by atoms with Gasteiger partial charge in [0.15, 0.2) is 15.0 Å². The number of sulfone groups is 1. The molecular weight excluding hydrogens is 415 g/mol. The van der Waals surface area contributed by atoms with Crippen LogP contribution < -0.4 is 5.32 Å². The number of anilines is 1. The number of carbonyl (C=O) groups is 1. The Labute approximate surface area is 164 Å². The summed E-state index contributed by atoms with van der Waals surface area (Å²) < 4.78 is 24.5. The van der Waals surface area contributed by atoms with Crippen LogP contribution in [0.3, 0.4) is 0 Å². The van der Waals surface area contributed by atoms with Gasteiger partial charge in [-0.25, -0.2) is 13.4 Å². The Hall–Kier alpha value is -1.93. The maximum absolute atomic E-state index is 12.2. The highest BCUT2D eigenvalue weighted by Gasteiger charge is 2.20. The fourth-order valence-electron chi connectivity index (χ4n) is 2.19. The van der Waals surface area contributed by atoms with E-state index in [1.807, 2.05) is 0 Å². The first-order valence-electron chi connectivity index (χ1n) is 7.34. The number of nitrogens with zero attached hydrogens (tertiary/aromatic N) is 1. The van der Waals surface area contributed by atoms with Crippen molar-refractivity contribution in [2.24, 2.45) is 0 Å². The van der Waals surface area contributed by atoms with Crippen molar-refractivity contribution in [1.82, 2.24) is 4.98 Å². The molecule has 0 saturated heterocycles. The van der Waals surface area contributed by atoms with Crippen molar-refractivity contribution in [3.63, 3.8) is 0 Å². The first kappa shape index (κ1) is 18.8. The molecule has 134 valence electrons. The predicted octanol–water partition coefficient (Wildman–Crippen LogP) is 4.53. The Balaban J connectivity index is 1.73. The highest BCUT2D eigenvalue weighted by atomic mass is 35.5. The van der Waals surface area contributed by atoms with Gasteiger partial charge in [-0.15, -0.1) is 11.3 Å². The van der Waals surface area contributed by atoms with Crippen LogP contribution in [0.4, 0.5) is 5.13 Å². The molecule has 1 amide bonds. The smallest absolute Gasteiger partial charge is 0.241 e. The van der Waals surface area contributed by atoms with E-state index in [1.165, 1.54) is 23.5 Å². The lowest BCUT2D eigenvalue weighted by Crippen LogP contribution is -2.22. The highest BCUT2D eigenvalue weighted by molar-refractivity contribution is 7.92. The van der Waals surface area contributed by atoms with Crippen LogP contribution in [0.2, 0.25) is 10.0 Å². The van der Waals surface area contributed by atoms with Gasteiger partial charge in [0.05, 0.1) is 15.6 Å². The van der Waals surface area contributed by atoms with Gasteiger partial charge in [0.25, 0.3) is 0 Å². The third kappa shape index (κ3) is 4.42. The minimum Gasteiger partial charge on any atom is -0.301 e. The summed E-state index contributed by atoms with van der Waals surface area (Å²) in [5.41, 5.74) is 1.18. The van der Waals surface area contributed by atoms with Crippen molar-refractivity contribution in [3.8, 4) is 11.3 Å². The van der Waals surface area contributed by atoms with E-state index in [0.717, 1.165) is 0 Å². The molecule has 1 heterocycles. The number of aromatic nitrogens is 1. The van der Waals surface area contributed by atoms with Crippen LogP contribution in [0.5, 0.6) is 0 Å². The molecule has 26 heavy (non-hydrogen) atoms. The van der Waals surface area contributed by atoms with Crippen LogP contribution in [-0.2, 0) is 14.6 Å². The molecule has 0 aliphatic heterocycles. The van der Waals surface area contributed by atoms with Crippen molar-refractivity contribution >= 4 is 55.4 Å². The average molecular weight is 427 g/mol. The first-order chi connectivity index (χ1) is 12.3. The van der Waals surface area contributed by atoms with Crippen LogP contribution in [0, 0.1) is 0 Å². The molecule has 0 fully saturated rings. The maximum atomic E-state index is 12.2. The van der Waals surface area contributed by atoms with Crippen LogP contribution in [0.15, 0.2) is 58.8 Å². The first-order valence-corrected chi connectivity index (χ1v) is 10.6. The molecule has 2 aromatic carbocycles. The SMILES string of the molecule is O=C(CS(=O)(=O)c1ccccc1)Nc1nc(-c2cc(Cl)ccc2Cl)cs1. The molecule has 3 aromatic rings. The molecule has 5 nitrogen and oxygen atoms in total. The second kappa shape index (κ2) is 7.75. The van der Waals surface area contributed by atoms with E-state index in [1.54, 1.807) is 41.8 Å². The highest BCUT2D eigenvalue weighted by Crippen LogP contribution is 2.32. The van der Waals surface area contributed by atoms with Crippen molar-refractivity contribution in [3.05, 3.63) is 64.0 Å². The molecular formula is C17H12Cl2N2O3S2. The molecule has 0 bridgehead atoms. The molecule has 0 aliphatic carbocycles. The van der Waals surface area contributed by atoms with Crippen LogP contribution >= 0.6 is 34.5 Å². The largest absolute Gasteiger partial charge is 0.301 e. The van der Waals surface area contributed by atoms with Gasteiger partial charge >= 0.3 is 0 Å². The Kier molecular flexibility index (Phi) is 5.62. The third-order valence-corrected chi connectivity index (χ3v) is 6.33. The summed E-state index contributed by atoms with van der Waals surface area (Å²) >= 11 is 13.3. The van der Waals surface area contributed by atoms with Crippen LogP contribution in [0.25, 0.3) is 11.3 Å². The molecule has 1 N–H and O–H groups in total. The third-order valence-electron chi connectivity index (χ3n) is 3.38. The van der Waals surface area contributed by atoms with Gasteiger partial charge in [0, 0.05) is 16.0 Å². The molecule has 3 rings (SSSR count). The molecule has 0 aliphatic rings. The number of thiazole rings is 1.